The summed E-state index contributed by atoms with van der Waals surface area (Å²) < 4.78 is 3.10. The van der Waals surface area contributed by atoms with Crippen molar-refractivity contribution in [2.45, 2.75) is 33.5 Å². The van der Waals surface area contributed by atoms with Crippen molar-refractivity contribution in [1.29, 1.82) is 0 Å². The lowest BCUT2D eigenvalue weighted by Gasteiger charge is -2.07. The molecule has 0 atom stereocenters. The highest BCUT2D eigenvalue weighted by Gasteiger charge is 2.10. The molecule has 9 nitrogen and oxygen atoms in total. The molecule has 0 aliphatic heterocycles. The van der Waals surface area contributed by atoms with Crippen molar-refractivity contribution in [2.24, 2.45) is 0 Å². The van der Waals surface area contributed by atoms with Gasteiger partial charge in [0.05, 0.1) is 25.0 Å². The van der Waals surface area contributed by atoms with Crippen molar-refractivity contribution in [2.75, 3.05) is 0 Å². The van der Waals surface area contributed by atoms with Crippen LogP contribution in [0.1, 0.15) is 33.0 Å². The number of nitrogens with zero attached hydrogens (tertiary/aromatic N) is 5. The molecule has 140 valence electrons. The van der Waals surface area contributed by atoms with Crippen LogP contribution < -0.4 is 5.32 Å². The molecule has 0 aliphatic rings. The van der Waals surface area contributed by atoms with Crippen LogP contribution in [0.2, 0.25) is 0 Å². The summed E-state index contributed by atoms with van der Waals surface area (Å²) in [4.78, 5) is 23.0. The second-order valence-corrected chi connectivity index (χ2v) is 6.27. The highest BCUT2D eigenvalue weighted by atomic mass is 16.4. The Balaban J connectivity index is 1.62. The van der Waals surface area contributed by atoms with E-state index in [0.717, 1.165) is 17.0 Å². The van der Waals surface area contributed by atoms with Crippen molar-refractivity contribution in [3.05, 3.63) is 64.7 Å². The Hall–Kier alpha value is -3.49. The molecule has 0 fully saturated rings. The summed E-state index contributed by atoms with van der Waals surface area (Å²) in [7, 11) is 0. The fraction of sp³-hybridized carbons (Fsp3) is 0.278. The summed E-state index contributed by atoms with van der Waals surface area (Å²) in [6.07, 6.45) is 1.49. The minimum atomic E-state index is -1.00. The third kappa shape index (κ3) is 4.78. The van der Waals surface area contributed by atoms with E-state index in [0.29, 0.717) is 17.8 Å². The normalized spacial score (nSPS) is 10.7. The van der Waals surface area contributed by atoms with Crippen LogP contribution in [0.4, 0.5) is 0 Å². The second-order valence-electron chi connectivity index (χ2n) is 6.27. The van der Waals surface area contributed by atoms with Crippen LogP contribution in [0.15, 0.2) is 36.5 Å². The van der Waals surface area contributed by atoms with Gasteiger partial charge in [-0.25, -0.2) is 4.68 Å². The van der Waals surface area contributed by atoms with E-state index < -0.39 is 5.97 Å². The molecule has 2 heterocycles. The molecule has 2 aromatic heterocycles. The van der Waals surface area contributed by atoms with E-state index in [1.54, 1.807) is 6.07 Å². The van der Waals surface area contributed by atoms with Crippen molar-refractivity contribution < 1.29 is 14.7 Å². The van der Waals surface area contributed by atoms with Crippen molar-refractivity contribution in [3.8, 4) is 0 Å². The SMILES string of the molecule is Cc1cc(C)n(Cc2cccc(C(=O)NCc3cn(CC(=O)O)nn3)c2)n1. The van der Waals surface area contributed by atoms with E-state index in [4.69, 9.17) is 5.11 Å². The Bertz CT molecular complexity index is 975. The first-order valence-corrected chi connectivity index (χ1v) is 8.39. The summed E-state index contributed by atoms with van der Waals surface area (Å²) >= 11 is 0. The quantitative estimate of drug-likeness (QED) is 0.647. The van der Waals surface area contributed by atoms with Gasteiger partial charge < -0.3 is 10.4 Å². The number of benzene rings is 1. The van der Waals surface area contributed by atoms with Gasteiger partial charge in [0.2, 0.25) is 0 Å². The molecular weight excluding hydrogens is 348 g/mol. The number of hydrogen-bond acceptors (Lipinski definition) is 5. The Morgan fingerprint density at radius 3 is 2.74 bits per heavy atom. The zero-order valence-electron chi connectivity index (χ0n) is 15.1. The fourth-order valence-corrected chi connectivity index (χ4v) is 2.73. The average molecular weight is 368 g/mol. The van der Waals surface area contributed by atoms with Gasteiger partial charge in [-0.2, -0.15) is 5.10 Å². The molecule has 3 rings (SSSR count). The number of rotatable bonds is 7. The van der Waals surface area contributed by atoms with E-state index in [-0.39, 0.29) is 19.0 Å². The standard InChI is InChI=1S/C18H20N6O3/c1-12-6-13(2)24(21-12)9-14-4-3-5-15(7-14)18(27)19-8-16-10-23(22-20-16)11-17(25)26/h3-7,10H,8-9,11H2,1-2H3,(H,19,27)(H,25,26). The number of aliphatic carboxylic acids is 1. The van der Waals surface area contributed by atoms with Crippen LogP contribution in [-0.2, 0) is 24.4 Å². The predicted octanol–water partition coefficient (Wildman–Crippen LogP) is 1.15. The highest BCUT2D eigenvalue weighted by molar-refractivity contribution is 5.94. The molecule has 0 saturated carbocycles. The van der Waals surface area contributed by atoms with Gasteiger partial charge in [0.1, 0.15) is 12.2 Å². The number of amides is 1. The van der Waals surface area contributed by atoms with Gasteiger partial charge in [-0.1, -0.05) is 17.3 Å². The molecule has 2 N–H and O–H groups in total. The second kappa shape index (κ2) is 7.81. The van der Waals surface area contributed by atoms with Gasteiger partial charge in [0.15, 0.2) is 0 Å². The van der Waals surface area contributed by atoms with Gasteiger partial charge in [-0.05, 0) is 37.6 Å². The van der Waals surface area contributed by atoms with Crippen LogP contribution in [0.5, 0.6) is 0 Å². The summed E-state index contributed by atoms with van der Waals surface area (Å²) in [6, 6.07) is 9.35. The molecule has 0 unspecified atom stereocenters. The van der Waals surface area contributed by atoms with Crippen molar-refractivity contribution >= 4 is 11.9 Å². The summed E-state index contributed by atoms with van der Waals surface area (Å²) in [6.45, 7) is 4.42. The smallest absolute Gasteiger partial charge is 0.325 e. The van der Waals surface area contributed by atoms with E-state index in [1.807, 2.05) is 42.8 Å². The number of carbonyl (C=O) groups excluding carboxylic acids is 1. The van der Waals surface area contributed by atoms with Crippen LogP contribution in [0, 0.1) is 13.8 Å². The van der Waals surface area contributed by atoms with E-state index in [2.05, 4.69) is 20.7 Å². The molecule has 0 bridgehead atoms. The zero-order valence-corrected chi connectivity index (χ0v) is 15.1. The number of aromatic nitrogens is 5. The van der Waals surface area contributed by atoms with Crippen molar-refractivity contribution in [3.63, 3.8) is 0 Å². The molecular formula is C18H20N6O3. The minimum Gasteiger partial charge on any atom is -0.480 e. The average Bonchev–Trinajstić information content (AvgIpc) is 3.18. The van der Waals surface area contributed by atoms with Crippen LogP contribution in [-0.4, -0.2) is 41.8 Å². The van der Waals surface area contributed by atoms with E-state index in [1.165, 1.54) is 10.9 Å². The Morgan fingerprint density at radius 1 is 1.22 bits per heavy atom. The van der Waals surface area contributed by atoms with E-state index in [9.17, 15) is 9.59 Å². The Morgan fingerprint density at radius 2 is 2.04 bits per heavy atom. The summed E-state index contributed by atoms with van der Waals surface area (Å²) in [5, 5.41) is 23.5. The minimum absolute atomic E-state index is 0.167. The molecule has 0 saturated heterocycles. The lowest BCUT2D eigenvalue weighted by Crippen LogP contribution is -2.23. The Labute approximate surface area is 155 Å². The molecule has 0 spiro atoms. The highest BCUT2D eigenvalue weighted by Crippen LogP contribution is 2.10. The first kappa shape index (κ1) is 18.3. The topological polar surface area (TPSA) is 115 Å². The zero-order chi connectivity index (χ0) is 19.4. The molecule has 9 heteroatoms. The van der Waals surface area contributed by atoms with Gasteiger partial charge in [-0.15, -0.1) is 5.10 Å². The van der Waals surface area contributed by atoms with Gasteiger partial charge in [0.25, 0.3) is 5.91 Å². The first-order chi connectivity index (χ1) is 12.9. The largest absolute Gasteiger partial charge is 0.480 e. The monoisotopic (exact) mass is 368 g/mol. The van der Waals surface area contributed by atoms with E-state index >= 15 is 0 Å². The first-order valence-electron chi connectivity index (χ1n) is 8.39. The summed E-state index contributed by atoms with van der Waals surface area (Å²) in [5.74, 6) is -1.24. The van der Waals surface area contributed by atoms with Crippen LogP contribution in [0.3, 0.4) is 0 Å². The fourth-order valence-electron chi connectivity index (χ4n) is 2.73. The molecule has 3 aromatic rings. The Kier molecular flexibility index (Phi) is 5.30. The third-order valence-corrected chi connectivity index (χ3v) is 3.94. The number of carbonyl (C=O) groups is 2. The third-order valence-electron chi connectivity index (χ3n) is 3.94. The number of carboxylic acid groups (broad SMARTS) is 1. The van der Waals surface area contributed by atoms with Crippen LogP contribution >= 0.6 is 0 Å². The molecule has 0 aliphatic carbocycles. The number of carboxylic acids is 1. The molecule has 1 aromatic carbocycles. The molecule has 27 heavy (non-hydrogen) atoms. The lowest BCUT2D eigenvalue weighted by atomic mass is 10.1. The molecule has 1 amide bonds. The molecule has 0 radical (unpaired) electrons. The van der Waals surface area contributed by atoms with Gasteiger partial charge >= 0.3 is 5.97 Å². The maximum Gasteiger partial charge on any atom is 0.325 e. The summed E-state index contributed by atoms with van der Waals surface area (Å²) in [5.41, 5.74) is 4.01. The lowest BCUT2D eigenvalue weighted by molar-refractivity contribution is -0.137. The van der Waals surface area contributed by atoms with Crippen molar-refractivity contribution in [1.82, 2.24) is 30.1 Å². The van der Waals surface area contributed by atoms with Crippen LogP contribution in [0.25, 0.3) is 0 Å². The van der Waals surface area contributed by atoms with Gasteiger partial charge in [0, 0.05) is 11.3 Å². The predicted molar refractivity (Wildman–Crippen MR) is 96.1 cm³/mol. The maximum atomic E-state index is 12.4. The number of aryl methyl sites for hydroxylation is 2. The number of nitrogens with one attached hydrogen (secondary N) is 1. The maximum absolute atomic E-state index is 12.4. The number of hydrogen-bond donors (Lipinski definition) is 2. The van der Waals surface area contributed by atoms with Gasteiger partial charge in [-0.3, -0.25) is 14.3 Å².